The predicted octanol–water partition coefficient (Wildman–Crippen LogP) is 3.01. The van der Waals surface area contributed by atoms with Crippen LogP contribution in [0.25, 0.3) is 10.2 Å². The van der Waals surface area contributed by atoms with Gasteiger partial charge in [0.2, 0.25) is 0 Å². The van der Waals surface area contributed by atoms with Gasteiger partial charge in [0, 0.05) is 5.69 Å². The lowest BCUT2D eigenvalue weighted by Crippen LogP contribution is -3.14. The van der Waals surface area contributed by atoms with Crippen LogP contribution in [0, 0.1) is 6.92 Å². The maximum absolute atomic E-state index is 12.4. The highest BCUT2D eigenvalue weighted by Gasteiger charge is 2.28. The molecule has 5 heteroatoms. The first-order chi connectivity index (χ1) is 12.7. The van der Waals surface area contributed by atoms with Crippen LogP contribution in [0.5, 0.6) is 0 Å². The second-order valence-corrected chi connectivity index (χ2v) is 8.22. The van der Waals surface area contributed by atoms with Crippen molar-refractivity contribution < 1.29 is 9.69 Å². The number of benzene rings is 2. The van der Waals surface area contributed by atoms with E-state index in [9.17, 15) is 4.79 Å². The number of thiazole rings is 1. The molecule has 2 atom stereocenters. The molecule has 4 rings (SSSR count). The van der Waals surface area contributed by atoms with Crippen molar-refractivity contribution in [2.24, 2.45) is 0 Å². The van der Waals surface area contributed by atoms with Crippen molar-refractivity contribution in [2.45, 2.75) is 25.7 Å². The summed E-state index contributed by atoms with van der Waals surface area (Å²) in [6, 6.07) is 16.3. The maximum Gasteiger partial charge on any atom is 0.279 e. The Morgan fingerprint density at radius 2 is 2.15 bits per heavy atom. The zero-order chi connectivity index (χ0) is 17.9. The average Bonchev–Trinajstić information content (AvgIpc) is 3.06. The first-order valence-electron chi connectivity index (χ1n) is 9.23. The van der Waals surface area contributed by atoms with Gasteiger partial charge in [0.25, 0.3) is 5.91 Å². The number of likely N-dealkylation sites (tertiary alicyclic amines) is 1. The molecule has 134 valence electrons. The average molecular weight is 367 g/mol. The second-order valence-electron chi connectivity index (χ2n) is 7.16. The van der Waals surface area contributed by atoms with Gasteiger partial charge in [-0.15, -0.1) is 11.3 Å². The Balaban J connectivity index is 1.39. The minimum absolute atomic E-state index is 0.0931. The number of hydrogen-bond donors (Lipinski definition) is 2. The fourth-order valence-electron chi connectivity index (χ4n) is 3.74. The second kappa shape index (κ2) is 7.56. The van der Waals surface area contributed by atoms with Crippen molar-refractivity contribution in [3.05, 3.63) is 59.1 Å². The van der Waals surface area contributed by atoms with Crippen LogP contribution >= 0.6 is 11.3 Å². The van der Waals surface area contributed by atoms with Gasteiger partial charge in [-0.25, -0.2) is 4.98 Å². The summed E-state index contributed by atoms with van der Waals surface area (Å²) in [6.07, 6.45) is 2.32. The van der Waals surface area contributed by atoms with E-state index in [-0.39, 0.29) is 5.91 Å². The Hall–Kier alpha value is -2.24. The molecule has 2 heterocycles. The lowest BCUT2D eigenvalue weighted by Gasteiger charge is -2.28. The number of amides is 1. The minimum Gasteiger partial charge on any atom is -0.327 e. The highest BCUT2D eigenvalue weighted by Crippen LogP contribution is 2.30. The molecule has 0 spiro atoms. The number of piperidine rings is 1. The molecule has 1 unspecified atom stereocenters. The molecule has 4 nitrogen and oxygen atoms in total. The largest absolute Gasteiger partial charge is 0.327 e. The number of hydrogen-bond acceptors (Lipinski definition) is 3. The van der Waals surface area contributed by atoms with Crippen LogP contribution in [0.3, 0.4) is 0 Å². The standard InChI is InChI=1S/C21H23N3OS/c1-15-6-4-8-17(12-15)22-20(25)14-24-11-5-7-16(13-24)21-23-18-9-2-3-10-19(18)26-21/h2-4,6,8-10,12,16H,5,7,11,13-14H2,1H3,(H,22,25)/p+1/t16-/m1/s1. The molecule has 1 fully saturated rings. The van der Waals surface area contributed by atoms with E-state index in [4.69, 9.17) is 4.98 Å². The van der Waals surface area contributed by atoms with Crippen LogP contribution in [0.4, 0.5) is 5.69 Å². The normalized spacial score (nSPS) is 20.2. The number of nitrogens with zero attached hydrogens (tertiary/aromatic N) is 1. The van der Waals surface area contributed by atoms with Crippen LogP contribution in [0.1, 0.15) is 29.3 Å². The van der Waals surface area contributed by atoms with Gasteiger partial charge in [0.05, 0.1) is 29.2 Å². The fourth-order valence-corrected chi connectivity index (χ4v) is 4.84. The van der Waals surface area contributed by atoms with E-state index in [1.54, 1.807) is 11.3 Å². The molecule has 1 amide bonds. The predicted molar refractivity (Wildman–Crippen MR) is 107 cm³/mol. The molecule has 0 saturated carbocycles. The number of anilines is 1. The summed E-state index contributed by atoms with van der Waals surface area (Å²) in [5.74, 6) is 0.554. The number of fused-ring (bicyclic) bond motifs is 1. The summed E-state index contributed by atoms with van der Waals surface area (Å²) in [4.78, 5) is 18.6. The Morgan fingerprint density at radius 3 is 3.00 bits per heavy atom. The Morgan fingerprint density at radius 1 is 1.27 bits per heavy atom. The SMILES string of the molecule is Cc1cccc(NC(=O)C[NH+]2CCC[C@@H](c3nc4ccccc4s3)C2)c1. The fraction of sp³-hybridized carbons (Fsp3) is 0.333. The van der Waals surface area contributed by atoms with Gasteiger partial charge in [-0.05, 0) is 49.6 Å². The van der Waals surface area contributed by atoms with Gasteiger partial charge in [0.1, 0.15) is 5.01 Å². The number of aromatic nitrogens is 1. The lowest BCUT2D eigenvalue weighted by atomic mass is 9.99. The van der Waals surface area contributed by atoms with Gasteiger partial charge in [-0.2, -0.15) is 0 Å². The molecule has 1 aliphatic rings. The number of nitrogens with one attached hydrogen (secondary N) is 2. The summed E-state index contributed by atoms with van der Waals surface area (Å²) in [6.45, 7) is 4.60. The van der Waals surface area contributed by atoms with Crippen LogP contribution in [-0.4, -0.2) is 30.5 Å². The lowest BCUT2D eigenvalue weighted by molar-refractivity contribution is -0.898. The van der Waals surface area contributed by atoms with Crippen molar-refractivity contribution in [2.75, 3.05) is 25.0 Å². The molecule has 26 heavy (non-hydrogen) atoms. The number of carbonyl (C=O) groups excluding carboxylic acids is 1. The van der Waals surface area contributed by atoms with E-state index in [1.807, 2.05) is 37.3 Å². The van der Waals surface area contributed by atoms with Crippen molar-refractivity contribution in [1.82, 2.24) is 4.98 Å². The highest BCUT2D eigenvalue weighted by molar-refractivity contribution is 7.18. The molecule has 1 saturated heterocycles. The number of quaternary nitrogens is 1. The number of aryl methyl sites for hydroxylation is 1. The Bertz CT molecular complexity index is 887. The summed E-state index contributed by atoms with van der Waals surface area (Å²) in [5.41, 5.74) is 3.13. The highest BCUT2D eigenvalue weighted by atomic mass is 32.1. The van der Waals surface area contributed by atoms with Crippen molar-refractivity contribution in [3.8, 4) is 0 Å². The van der Waals surface area contributed by atoms with E-state index >= 15 is 0 Å². The van der Waals surface area contributed by atoms with Crippen LogP contribution in [-0.2, 0) is 4.79 Å². The topological polar surface area (TPSA) is 46.4 Å². The Labute approximate surface area is 157 Å². The van der Waals surface area contributed by atoms with Crippen molar-refractivity contribution in [1.29, 1.82) is 0 Å². The van der Waals surface area contributed by atoms with E-state index < -0.39 is 0 Å². The molecule has 2 aromatic carbocycles. The van der Waals surface area contributed by atoms with Crippen LogP contribution in [0.2, 0.25) is 0 Å². The smallest absolute Gasteiger partial charge is 0.279 e. The van der Waals surface area contributed by atoms with E-state index in [0.717, 1.165) is 36.3 Å². The third-order valence-electron chi connectivity index (χ3n) is 4.99. The molecule has 0 aliphatic carbocycles. The van der Waals surface area contributed by atoms with Crippen LogP contribution in [0.15, 0.2) is 48.5 Å². The number of rotatable bonds is 4. The summed E-state index contributed by atoms with van der Waals surface area (Å²) in [5, 5.41) is 4.26. The third kappa shape index (κ3) is 3.94. The Kier molecular flexibility index (Phi) is 5.00. The molecular weight excluding hydrogens is 342 g/mol. The first-order valence-corrected chi connectivity index (χ1v) is 10.0. The summed E-state index contributed by atoms with van der Waals surface area (Å²) in [7, 11) is 0. The first kappa shape index (κ1) is 17.2. The maximum atomic E-state index is 12.4. The molecule has 1 aliphatic heterocycles. The van der Waals surface area contributed by atoms with Gasteiger partial charge in [-0.3, -0.25) is 4.79 Å². The van der Waals surface area contributed by atoms with Gasteiger partial charge in [0.15, 0.2) is 6.54 Å². The molecule has 0 radical (unpaired) electrons. The molecule has 1 aromatic heterocycles. The van der Waals surface area contributed by atoms with Gasteiger partial charge < -0.3 is 10.2 Å². The van der Waals surface area contributed by atoms with Gasteiger partial charge >= 0.3 is 0 Å². The summed E-state index contributed by atoms with van der Waals surface area (Å²) < 4.78 is 1.26. The summed E-state index contributed by atoms with van der Waals surface area (Å²) >= 11 is 1.80. The monoisotopic (exact) mass is 366 g/mol. The van der Waals surface area contributed by atoms with Crippen molar-refractivity contribution in [3.63, 3.8) is 0 Å². The number of para-hydroxylation sites is 1. The zero-order valence-corrected chi connectivity index (χ0v) is 15.8. The van der Waals surface area contributed by atoms with Crippen LogP contribution < -0.4 is 10.2 Å². The van der Waals surface area contributed by atoms with E-state index in [0.29, 0.717) is 12.5 Å². The zero-order valence-electron chi connectivity index (χ0n) is 15.0. The van der Waals surface area contributed by atoms with Crippen molar-refractivity contribution >= 4 is 33.1 Å². The molecule has 2 N–H and O–H groups in total. The number of carbonyl (C=O) groups is 1. The van der Waals surface area contributed by atoms with Gasteiger partial charge in [-0.1, -0.05) is 24.3 Å². The van der Waals surface area contributed by atoms with E-state index in [1.165, 1.54) is 21.0 Å². The molecular formula is C21H24N3OS+. The molecule has 0 bridgehead atoms. The molecule has 3 aromatic rings. The third-order valence-corrected chi connectivity index (χ3v) is 6.19. The quantitative estimate of drug-likeness (QED) is 0.746. The van der Waals surface area contributed by atoms with E-state index in [2.05, 4.69) is 23.5 Å². The minimum atomic E-state index is 0.0931.